The maximum absolute atomic E-state index is 5.91. The average molecular weight is 357 g/mol. The smallest absolute Gasteiger partial charge is 0.230 e. The van der Waals surface area contributed by atoms with Crippen molar-refractivity contribution in [2.75, 3.05) is 24.3 Å². The van der Waals surface area contributed by atoms with Gasteiger partial charge in [-0.1, -0.05) is 28.1 Å². The van der Waals surface area contributed by atoms with Gasteiger partial charge in [0.2, 0.25) is 17.2 Å². The van der Waals surface area contributed by atoms with Gasteiger partial charge in [0.05, 0.1) is 6.04 Å². The molecule has 0 spiro atoms. The van der Waals surface area contributed by atoms with E-state index in [2.05, 4.69) is 36.2 Å². The van der Waals surface area contributed by atoms with Crippen LogP contribution >= 0.6 is 27.5 Å². The number of aromatic nitrogens is 3. The Morgan fingerprint density at radius 3 is 2.40 bits per heavy atom. The summed E-state index contributed by atoms with van der Waals surface area (Å²) < 4.78 is 1.05. The summed E-state index contributed by atoms with van der Waals surface area (Å²) in [5.74, 6) is 0.986. The minimum absolute atomic E-state index is 0.0663. The molecule has 20 heavy (non-hydrogen) atoms. The van der Waals surface area contributed by atoms with Gasteiger partial charge in [0.15, 0.2) is 0 Å². The summed E-state index contributed by atoms with van der Waals surface area (Å²) in [4.78, 5) is 14.2. The van der Waals surface area contributed by atoms with Crippen LogP contribution in [-0.4, -0.2) is 29.0 Å². The van der Waals surface area contributed by atoms with Gasteiger partial charge in [-0.25, -0.2) is 0 Å². The monoisotopic (exact) mass is 355 g/mol. The van der Waals surface area contributed by atoms with Gasteiger partial charge in [-0.3, -0.25) is 0 Å². The first-order valence-corrected chi connectivity index (χ1v) is 7.23. The molecule has 0 fully saturated rings. The fourth-order valence-electron chi connectivity index (χ4n) is 1.63. The molecular formula is C13H15BrClN5. The Balaban J connectivity index is 2.18. The Morgan fingerprint density at radius 2 is 1.80 bits per heavy atom. The summed E-state index contributed by atoms with van der Waals surface area (Å²) in [5.41, 5.74) is 1.14. The van der Waals surface area contributed by atoms with E-state index in [1.54, 1.807) is 4.90 Å². The van der Waals surface area contributed by atoms with Crippen molar-refractivity contribution in [2.45, 2.75) is 13.0 Å². The number of hydrogen-bond acceptors (Lipinski definition) is 5. The van der Waals surface area contributed by atoms with Crippen molar-refractivity contribution in [3.8, 4) is 0 Å². The minimum atomic E-state index is 0.0663. The van der Waals surface area contributed by atoms with Gasteiger partial charge in [-0.2, -0.15) is 15.0 Å². The highest BCUT2D eigenvalue weighted by molar-refractivity contribution is 9.10. The third-order valence-electron chi connectivity index (χ3n) is 2.71. The molecule has 0 radical (unpaired) electrons. The molecule has 7 heteroatoms. The molecule has 2 aromatic rings. The average Bonchev–Trinajstić information content (AvgIpc) is 2.38. The van der Waals surface area contributed by atoms with E-state index in [4.69, 9.17) is 11.6 Å². The van der Waals surface area contributed by atoms with Gasteiger partial charge < -0.3 is 10.2 Å². The summed E-state index contributed by atoms with van der Waals surface area (Å²) in [6, 6.07) is 8.14. The standard InChI is InChI=1S/C13H15BrClN5/c1-8(9-4-6-10(14)7-5-9)16-12-17-11(15)18-13(19-12)20(2)3/h4-8H,1-3H3,(H,16,17,18,19). The molecular weight excluding hydrogens is 342 g/mol. The molecule has 0 bridgehead atoms. The lowest BCUT2D eigenvalue weighted by Gasteiger charge is -2.16. The molecule has 1 atom stereocenters. The van der Waals surface area contributed by atoms with Crippen LogP contribution in [0, 0.1) is 0 Å². The second-order valence-electron chi connectivity index (χ2n) is 4.54. The van der Waals surface area contributed by atoms with E-state index in [0.717, 1.165) is 10.0 Å². The fraction of sp³-hybridized carbons (Fsp3) is 0.308. The zero-order valence-corrected chi connectivity index (χ0v) is 13.8. The third kappa shape index (κ3) is 3.80. The summed E-state index contributed by atoms with van der Waals surface area (Å²) >= 11 is 9.33. The number of rotatable bonds is 4. The van der Waals surface area contributed by atoms with E-state index >= 15 is 0 Å². The molecule has 5 nitrogen and oxygen atoms in total. The number of nitrogens with one attached hydrogen (secondary N) is 1. The number of benzene rings is 1. The summed E-state index contributed by atoms with van der Waals surface area (Å²) in [6.45, 7) is 2.04. The Morgan fingerprint density at radius 1 is 1.15 bits per heavy atom. The van der Waals surface area contributed by atoms with Gasteiger partial charge in [-0.15, -0.1) is 0 Å². The normalized spacial score (nSPS) is 12.1. The van der Waals surface area contributed by atoms with E-state index < -0.39 is 0 Å². The van der Waals surface area contributed by atoms with Crippen LogP contribution in [0.3, 0.4) is 0 Å². The number of hydrogen-bond donors (Lipinski definition) is 1. The second kappa shape index (κ2) is 6.37. The van der Waals surface area contributed by atoms with Crippen LogP contribution in [0.5, 0.6) is 0 Å². The molecule has 2 rings (SSSR count). The predicted molar refractivity (Wildman–Crippen MR) is 85.3 cm³/mol. The maximum atomic E-state index is 5.91. The van der Waals surface area contributed by atoms with Gasteiger partial charge in [0, 0.05) is 18.6 Å². The van der Waals surface area contributed by atoms with Crippen LogP contribution in [0.25, 0.3) is 0 Å². The van der Waals surface area contributed by atoms with Crippen molar-refractivity contribution in [1.29, 1.82) is 0 Å². The van der Waals surface area contributed by atoms with Crippen LogP contribution in [0.2, 0.25) is 5.28 Å². The lowest BCUT2D eigenvalue weighted by atomic mass is 10.1. The number of halogens is 2. The molecule has 0 aliphatic carbocycles. The second-order valence-corrected chi connectivity index (χ2v) is 5.79. The van der Waals surface area contributed by atoms with E-state index in [1.807, 2.05) is 45.3 Å². The molecule has 1 aromatic heterocycles. The molecule has 1 aromatic carbocycles. The molecule has 106 valence electrons. The molecule has 0 saturated heterocycles. The SMILES string of the molecule is CC(Nc1nc(Cl)nc(N(C)C)n1)c1ccc(Br)cc1. The Bertz CT molecular complexity index is 588. The Labute approximate surface area is 131 Å². The summed E-state index contributed by atoms with van der Waals surface area (Å²) in [7, 11) is 3.71. The van der Waals surface area contributed by atoms with Crippen LogP contribution in [0.4, 0.5) is 11.9 Å². The van der Waals surface area contributed by atoms with Crippen molar-refractivity contribution in [3.63, 3.8) is 0 Å². The lowest BCUT2D eigenvalue weighted by Crippen LogP contribution is -2.16. The van der Waals surface area contributed by atoms with E-state index in [1.165, 1.54) is 0 Å². The molecule has 1 unspecified atom stereocenters. The first-order valence-electron chi connectivity index (χ1n) is 6.06. The van der Waals surface area contributed by atoms with Gasteiger partial charge in [0.25, 0.3) is 0 Å². The quantitative estimate of drug-likeness (QED) is 0.908. The molecule has 0 aliphatic rings. The Kier molecular flexibility index (Phi) is 4.77. The molecule has 1 heterocycles. The highest BCUT2D eigenvalue weighted by atomic mass is 79.9. The molecule has 0 aliphatic heterocycles. The van der Waals surface area contributed by atoms with E-state index in [9.17, 15) is 0 Å². The molecule has 1 N–H and O–H groups in total. The highest BCUT2D eigenvalue weighted by Crippen LogP contribution is 2.20. The van der Waals surface area contributed by atoms with Gasteiger partial charge >= 0.3 is 0 Å². The highest BCUT2D eigenvalue weighted by Gasteiger charge is 2.10. The van der Waals surface area contributed by atoms with E-state index in [0.29, 0.717) is 11.9 Å². The zero-order chi connectivity index (χ0) is 14.7. The van der Waals surface area contributed by atoms with Gasteiger partial charge in [-0.05, 0) is 36.2 Å². The largest absolute Gasteiger partial charge is 0.348 e. The lowest BCUT2D eigenvalue weighted by molar-refractivity contribution is 0.847. The molecule has 0 amide bonds. The maximum Gasteiger partial charge on any atom is 0.230 e. The van der Waals surface area contributed by atoms with Gasteiger partial charge in [0.1, 0.15) is 0 Å². The van der Waals surface area contributed by atoms with Crippen LogP contribution in [0.15, 0.2) is 28.7 Å². The van der Waals surface area contributed by atoms with Crippen LogP contribution in [0.1, 0.15) is 18.5 Å². The predicted octanol–water partition coefficient (Wildman–Crippen LogP) is 3.53. The summed E-state index contributed by atoms with van der Waals surface area (Å²) in [6.07, 6.45) is 0. The van der Waals surface area contributed by atoms with Crippen molar-refractivity contribution in [3.05, 3.63) is 39.6 Å². The number of nitrogens with zero attached hydrogens (tertiary/aromatic N) is 4. The fourth-order valence-corrected chi connectivity index (χ4v) is 2.05. The van der Waals surface area contributed by atoms with Crippen molar-refractivity contribution >= 4 is 39.4 Å². The minimum Gasteiger partial charge on any atom is -0.348 e. The first-order chi connectivity index (χ1) is 9.45. The topological polar surface area (TPSA) is 53.9 Å². The van der Waals surface area contributed by atoms with Crippen LogP contribution in [-0.2, 0) is 0 Å². The van der Waals surface area contributed by atoms with Crippen molar-refractivity contribution in [1.82, 2.24) is 15.0 Å². The molecule has 0 saturated carbocycles. The van der Waals surface area contributed by atoms with Crippen molar-refractivity contribution < 1.29 is 0 Å². The summed E-state index contributed by atoms with van der Waals surface area (Å²) in [5, 5.41) is 3.40. The van der Waals surface area contributed by atoms with Crippen molar-refractivity contribution in [2.24, 2.45) is 0 Å². The van der Waals surface area contributed by atoms with Crippen LogP contribution < -0.4 is 10.2 Å². The Hall–Kier alpha value is -1.40. The van der Waals surface area contributed by atoms with E-state index in [-0.39, 0.29) is 11.3 Å². The third-order valence-corrected chi connectivity index (χ3v) is 3.41. The number of anilines is 2. The zero-order valence-electron chi connectivity index (χ0n) is 11.4. The first kappa shape index (κ1) is 15.0.